The summed E-state index contributed by atoms with van der Waals surface area (Å²) >= 11 is 0. The minimum absolute atomic E-state index is 0.0448. The monoisotopic (exact) mass is 720 g/mol. The van der Waals surface area contributed by atoms with E-state index in [1.807, 2.05) is 0 Å². The number of alkyl halides is 9. The Morgan fingerprint density at radius 3 is 1.38 bits per heavy atom. The van der Waals surface area contributed by atoms with Gasteiger partial charge in [-0.25, -0.2) is 3.63 Å². The molecular formula is C30H33F9N2O4S2. The fourth-order valence-electron chi connectivity index (χ4n) is 4.16. The van der Waals surface area contributed by atoms with Crippen LogP contribution in [0.1, 0.15) is 20.8 Å². The zero-order chi connectivity index (χ0) is 36.0. The molecule has 0 amide bonds. The molecule has 17 heteroatoms. The van der Waals surface area contributed by atoms with Crippen LogP contribution >= 0.6 is 10.3 Å². The lowest BCUT2D eigenvalue weighted by Gasteiger charge is -2.41. The number of anilines is 2. The highest BCUT2D eigenvalue weighted by Gasteiger charge is 2.86. The number of nitrogens with zero attached hydrogens (tertiary/aromatic N) is 2. The van der Waals surface area contributed by atoms with Gasteiger partial charge in [-0.3, -0.25) is 0 Å². The molecule has 0 bridgehead atoms. The van der Waals surface area contributed by atoms with Gasteiger partial charge in [-0.2, -0.15) is 47.9 Å². The summed E-state index contributed by atoms with van der Waals surface area (Å²) in [4.78, 5) is 2.57. The maximum atomic E-state index is 15.3. The van der Waals surface area contributed by atoms with Crippen LogP contribution in [0.25, 0.3) is 0 Å². The average molecular weight is 721 g/mol. The Labute approximate surface area is 268 Å². The third-order valence-corrected chi connectivity index (χ3v) is 11.8. The van der Waals surface area contributed by atoms with Gasteiger partial charge in [-0.05, 0) is 97.8 Å². The van der Waals surface area contributed by atoms with Crippen LogP contribution in [0.3, 0.4) is 0 Å². The highest BCUT2D eigenvalue weighted by Crippen LogP contribution is 2.72. The molecule has 0 saturated carbocycles. The van der Waals surface area contributed by atoms with Crippen molar-refractivity contribution in [2.75, 3.05) is 38.0 Å². The molecule has 0 aliphatic rings. The molecule has 0 saturated heterocycles. The first-order chi connectivity index (χ1) is 21.2. The van der Waals surface area contributed by atoms with Crippen LogP contribution in [-0.2, 0) is 13.7 Å². The van der Waals surface area contributed by atoms with E-state index in [1.54, 1.807) is 58.8 Å². The summed E-state index contributed by atoms with van der Waals surface area (Å²) in [5, 5.41) is -7.09. The number of benzene rings is 3. The summed E-state index contributed by atoms with van der Waals surface area (Å²) in [6.07, 6.45) is -7.25. The molecule has 262 valence electrons. The van der Waals surface area contributed by atoms with Gasteiger partial charge in [-0.1, -0.05) is 6.07 Å². The summed E-state index contributed by atoms with van der Waals surface area (Å²) in [6.45, 7) is 4.97. The molecule has 0 unspecified atom stereocenters. The third-order valence-electron chi connectivity index (χ3n) is 6.55. The highest BCUT2D eigenvalue weighted by molar-refractivity contribution is 8.33. The van der Waals surface area contributed by atoms with Gasteiger partial charge in [0.1, 0.15) is 11.4 Å². The van der Waals surface area contributed by atoms with E-state index in [2.05, 4.69) is 0 Å². The molecule has 0 aliphatic heterocycles. The van der Waals surface area contributed by atoms with Crippen molar-refractivity contribution in [2.24, 2.45) is 0 Å². The van der Waals surface area contributed by atoms with E-state index in [-0.39, 0.29) is 20.4 Å². The number of hydrogen-bond acceptors (Lipinski definition) is 6. The largest absolute Gasteiger partial charge is 0.488 e. The van der Waals surface area contributed by atoms with E-state index in [0.29, 0.717) is 11.4 Å². The van der Waals surface area contributed by atoms with Crippen LogP contribution in [0, 0.1) is 0 Å². The van der Waals surface area contributed by atoms with Crippen molar-refractivity contribution in [3.05, 3.63) is 72.8 Å². The Bertz CT molecular complexity index is 1600. The zero-order valence-electron chi connectivity index (χ0n) is 26.2. The Morgan fingerprint density at radius 2 is 1.02 bits per heavy atom. The average Bonchev–Trinajstić information content (AvgIpc) is 2.94. The molecule has 0 atom stereocenters. The Balaban J connectivity index is 2.48. The smallest absolute Gasteiger partial charge is 0.460 e. The second kappa shape index (κ2) is 12.6. The lowest BCUT2D eigenvalue weighted by molar-refractivity contribution is -0.382. The normalized spacial score (nSPS) is 14.1. The van der Waals surface area contributed by atoms with E-state index in [1.165, 1.54) is 72.8 Å². The summed E-state index contributed by atoms with van der Waals surface area (Å²) in [7, 11) is -4.99. The Kier molecular flexibility index (Phi) is 10.2. The Hall–Kier alpha value is -3.31. The quantitative estimate of drug-likeness (QED) is 0.185. The molecule has 0 N–H and O–H groups in total. The maximum absolute atomic E-state index is 15.3. The van der Waals surface area contributed by atoms with E-state index in [0.717, 1.165) is 0 Å². The molecule has 0 spiro atoms. The second-order valence-electron chi connectivity index (χ2n) is 11.7. The first kappa shape index (κ1) is 38.1. The molecule has 0 aromatic heterocycles. The molecule has 47 heavy (non-hydrogen) atoms. The summed E-state index contributed by atoms with van der Waals surface area (Å²) in [5.74, 6) is -14.9. The number of halogens is 9. The first-order valence-electron chi connectivity index (χ1n) is 13.5. The van der Waals surface area contributed by atoms with Crippen molar-refractivity contribution in [1.29, 1.82) is 0 Å². The Morgan fingerprint density at radius 1 is 0.596 bits per heavy atom. The standard InChI is InChI=1S/C30H33F9N2O4S2/c1-26(2,3)44-22-9-8-10-25(19-22)46(23-15-11-20(12-16-23)40(4)5,24-17-13-21(14-18-24)41(6)7)45-47(42,43)30(38,39)28(33,34)27(31,32)29(35,36)37/h8-19H,1-7H3. The van der Waals surface area contributed by atoms with Gasteiger partial charge in [0.15, 0.2) is 0 Å². The number of rotatable bonds is 11. The second-order valence-corrected chi connectivity index (χ2v) is 16.2. The van der Waals surface area contributed by atoms with Gasteiger partial charge < -0.3 is 14.5 Å². The minimum atomic E-state index is -7.50. The van der Waals surface area contributed by atoms with Gasteiger partial charge in [0.25, 0.3) is 0 Å². The van der Waals surface area contributed by atoms with Gasteiger partial charge in [0.05, 0.1) is 0 Å². The molecule has 3 aromatic rings. The van der Waals surface area contributed by atoms with Crippen LogP contribution < -0.4 is 14.5 Å². The fourth-order valence-corrected chi connectivity index (χ4v) is 9.37. The minimum Gasteiger partial charge on any atom is -0.488 e. The van der Waals surface area contributed by atoms with Crippen LogP contribution in [0.2, 0.25) is 0 Å². The molecule has 0 radical (unpaired) electrons. The molecule has 3 aromatic carbocycles. The summed E-state index contributed by atoms with van der Waals surface area (Å²) in [5.41, 5.74) is 0.168. The highest BCUT2D eigenvalue weighted by atomic mass is 32.3. The van der Waals surface area contributed by atoms with E-state index >= 15 is 8.78 Å². The zero-order valence-corrected chi connectivity index (χ0v) is 27.8. The van der Waals surface area contributed by atoms with Gasteiger partial charge in [0, 0.05) is 54.3 Å². The van der Waals surface area contributed by atoms with Crippen molar-refractivity contribution in [3.8, 4) is 5.75 Å². The third kappa shape index (κ3) is 7.11. The van der Waals surface area contributed by atoms with Crippen molar-refractivity contribution in [1.82, 2.24) is 0 Å². The van der Waals surface area contributed by atoms with E-state index < -0.39 is 49.3 Å². The lowest BCUT2D eigenvalue weighted by atomic mass is 10.1. The first-order valence-corrected chi connectivity index (χ1v) is 16.5. The molecule has 0 heterocycles. The van der Waals surface area contributed by atoms with Gasteiger partial charge in [-0.15, -0.1) is 0 Å². The summed E-state index contributed by atoms with van der Waals surface area (Å²) in [6, 6.07) is 15.8. The van der Waals surface area contributed by atoms with Crippen LogP contribution in [-0.4, -0.2) is 65.5 Å². The maximum Gasteiger partial charge on any atom is 0.460 e. The molecule has 6 nitrogen and oxygen atoms in total. The lowest BCUT2D eigenvalue weighted by Crippen LogP contribution is -2.63. The molecular weight excluding hydrogens is 687 g/mol. The summed E-state index contributed by atoms with van der Waals surface area (Å²) < 4.78 is 164. The van der Waals surface area contributed by atoms with Crippen molar-refractivity contribution in [3.63, 3.8) is 0 Å². The predicted molar refractivity (Wildman–Crippen MR) is 162 cm³/mol. The fraction of sp³-hybridized carbons (Fsp3) is 0.400. The number of ether oxygens (including phenoxy) is 1. The van der Waals surface area contributed by atoms with Gasteiger partial charge in [0.2, 0.25) is 0 Å². The SMILES string of the molecule is CN(C)c1ccc(S(OS(=O)(=O)C(F)(F)C(F)(F)C(F)(F)C(F)(F)F)(c2ccc(N(C)C)cc2)c2cccc(OC(C)(C)C)c2)cc1. The number of hydrogen-bond donors (Lipinski definition) is 0. The topological polar surface area (TPSA) is 59.1 Å². The molecule has 0 fully saturated rings. The molecule has 0 aliphatic carbocycles. The van der Waals surface area contributed by atoms with Crippen molar-refractivity contribution in [2.45, 2.75) is 64.3 Å². The van der Waals surface area contributed by atoms with Crippen molar-refractivity contribution < 1.29 is 56.3 Å². The van der Waals surface area contributed by atoms with E-state index in [4.69, 9.17) is 8.37 Å². The van der Waals surface area contributed by atoms with Crippen LogP contribution in [0.15, 0.2) is 87.5 Å². The van der Waals surface area contributed by atoms with Crippen molar-refractivity contribution >= 4 is 31.8 Å². The van der Waals surface area contributed by atoms with E-state index in [9.17, 15) is 39.2 Å². The van der Waals surface area contributed by atoms with Gasteiger partial charge >= 0.3 is 33.4 Å². The predicted octanol–water partition coefficient (Wildman–Crippen LogP) is 8.96. The van der Waals surface area contributed by atoms with Crippen LogP contribution in [0.5, 0.6) is 5.75 Å². The molecule has 3 rings (SSSR count). The van der Waals surface area contributed by atoms with Crippen LogP contribution in [0.4, 0.5) is 50.9 Å².